The van der Waals surface area contributed by atoms with E-state index in [0.29, 0.717) is 12.3 Å². The molecule has 8 heteroatoms. The first kappa shape index (κ1) is 18.4. The number of alkyl halides is 3. The van der Waals surface area contributed by atoms with Gasteiger partial charge in [0.1, 0.15) is 11.3 Å². The molecule has 0 amide bonds. The number of benzene rings is 1. The monoisotopic (exact) mass is 329 g/mol. The van der Waals surface area contributed by atoms with Gasteiger partial charge in [0.2, 0.25) is 0 Å². The Morgan fingerprint density at radius 1 is 1.35 bits per heavy atom. The fraction of sp³-hybridized carbons (Fsp3) is 0.267. The van der Waals surface area contributed by atoms with Crippen LogP contribution < -0.4 is 0 Å². The molecule has 0 aliphatic heterocycles. The molecule has 0 saturated carbocycles. The van der Waals surface area contributed by atoms with E-state index in [0.717, 1.165) is 12.1 Å². The van der Waals surface area contributed by atoms with E-state index in [9.17, 15) is 27.9 Å². The van der Waals surface area contributed by atoms with Crippen LogP contribution in [0.4, 0.5) is 13.2 Å². The van der Waals surface area contributed by atoms with Gasteiger partial charge in [-0.25, -0.2) is 4.79 Å². The SMILES string of the molecule is CCOC(=O)/C(C=N)=C(\O)CC(=O)c1cccc(C(F)(F)F)c1. The quantitative estimate of drug-likeness (QED) is 0.276. The molecule has 0 radical (unpaired) electrons. The molecule has 0 fully saturated rings. The molecular weight excluding hydrogens is 315 g/mol. The number of ketones is 1. The summed E-state index contributed by atoms with van der Waals surface area (Å²) in [6.45, 7) is 1.52. The molecule has 0 spiro atoms. The molecule has 5 nitrogen and oxygen atoms in total. The Morgan fingerprint density at radius 3 is 2.52 bits per heavy atom. The van der Waals surface area contributed by atoms with Crippen molar-refractivity contribution >= 4 is 18.0 Å². The number of rotatable bonds is 6. The maximum absolute atomic E-state index is 12.6. The summed E-state index contributed by atoms with van der Waals surface area (Å²) in [5.74, 6) is -2.55. The smallest absolute Gasteiger partial charge is 0.416 e. The lowest BCUT2D eigenvalue weighted by Gasteiger charge is -2.09. The van der Waals surface area contributed by atoms with Crippen molar-refractivity contribution in [3.8, 4) is 0 Å². The highest BCUT2D eigenvalue weighted by molar-refractivity contribution is 6.10. The number of allylic oxidation sites excluding steroid dienone is 1. The van der Waals surface area contributed by atoms with Crippen molar-refractivity contribution in [3.05, 3.63) is 46.7 Å². The molecule has 0 aromatic heterocycles. The fourth-order valence-electron chi connectivity index (χ4n) is 1.69. The third-order valence-corrected chi connectivity index (χ3v) is 2.79. The molecule has 23 heavy (non-hydrogen) atoms. The number of hydrogen-bond acceptors (Lipinski definition) is 5. The van der Waals surface area contributed by atoms with Crippen LogP contribution >= 0.6 is 0 Å². The van der Waals surface area contributed by atoms with Crippen molar-refractivity contribution in [1.82, 2.24) is 0 Å². The zero-order chi connectivity index (χ0) is 17.6. The first-order chi connectivity index (χ1) is 10.7. The van der Waals surface area contributed by atoms with E-state index in [4.69, 9.17) is 5.41 Å². The Kier molecular flexibility index (Phi) is 6.06. The summed E-state index contributed by atoms with van der Waals surface area (Å²) in [7, 11) is 0. The third kappa shape index (κ3) is 4.94. The number of carbonyl (C=O) groups is 2. The van der Waals surface area contributed by atoms with E-state index in [-0.39, 0.29) is 12.2 Å². The standard InChI is InChI=1S/C15H14F3NO4/c1-2-23-14(22)11(8-19)13(21)7-12(20)9-4-3-5-10(6-9)15(16,17)18/h3-6,8,19,21H,2,7H2,1H3/b13-11-,19-8?. The highest BCUT2D eigenvalue weighted by atomic mass is 19.4. The van der Waals surface area contributed by atoms with Gasteiger partial charge in [0.05, 0.1) is 18.6 Å². The van der Waals surface area contributed by atoms with Gasteiger partial charge in [-0.15, -0.1) is 0 Å². The molecule has 1 rings (SSSR count). The molecular formula is C15H14F3NO4. The summed E-state index contributed by atoms with van der Waals surface area (Å²) >= 11 is 0. The van der Waals surface area contributed by atoms with Gasteiger partial charge >= 0.3 is 12.1 Å². The molecule has 2 N–H and O–H groups in total. The minimum absolute atomic E-state index is 0.00499. The zero-order valence-corrected chi connectivity index (χ0v) is 12.1. The predicted octanol–water partition coefficient (Wildman–Crippen LogP) is 3.30. The minimum Gasteiger partial charge on any atom is -0.511 e. The number of hydrogen-bond donors (Lipinski definition) is 2. The van der Waals surface area contributed by atoms with Crippen LogP contribution in [0.5, 0.6) is 0 Å². The van der Waals surface area contributed by atoms with Crippen LogP contribution in [-0.4, -0.2) is 29.7 Å². The van der Waals surface area contributed by atoms with Gasteiger partial charge < -0.3 is 15.3 Å². The first-order valence-corrected chi connectivity index (χ1v) is 6.50. The van der Waals surface area contributed by atoms with Gasteiger partial charge in [-0.2, -0.15) is 13.2 Å². The molecule has 0 unspecified atom stereocenters. The molecule has 0 bridgehead atoms. The van der Waals surface area contributed by atoms with E-state index in [2.05, 4.69) is 4.74 Å². The summed E-state index contributed by atoms with van der Waals surface area (Å²) in [5.41, 5.74) is -1.78. The van der Waals surface area contributed by atoms with E-state index in [1.165, 1.54) is 13.0 Å². The summed E-state index contributed by atoms with van der Waals surface area (Å²) < 4.78 is 42.4. The number of Topliss-reactive ketones (excluding diaryl/α,β-unsaturated/α-hetero) is 1. The van der Waals surface area contributed by atoms with Crippen LogP contribution in [0, 0.1) is 5.41 Å². The average Bonchev–Trinajstić information content (AvgIpc) is 2.47. The van der Waals surface area contributed by atoms with Crippen LogP contribution in [-0.2, 0) is 15.7 Å². The lowest BCUT2D eigenvalue weighted by molar-refractivity contribution is -0.138. The van der Waals surface area contributed by atoms with Crippen molar-refractivity contribution in [2.75, 3.05) is 6.61 Å². The molecule has 1 aromatic carbocycles. The number of nitrogens with one attached hydrogen (secondary N) is 1. The van der Waals surface area contributed by atoms with Crippen LogP contribution in [0.2, 0.25) is 0 Å². The summed E-state index contributed by atoms with van der Waals surface area (Å²) in [4.78, 5) is 23.4. The maximum Gasteiger partial charge on any atom is 0.416 e. The summed E-state index contributed by atoms with van der Waals surface area (Å²) in [6.07, 6.45) is -4.79. The van der Waals surface area contributed by atoms with Crippen molar-refractivity contribution in [2.24, 2.45) is 0 Å². The van der Waals surface area contributed by atoms with Crippen molar-refractivity contribution in [2.45, 2.75) is 19.5 Å². The number of aliphatic hydroxyl groups excluding tert-OH is 1. The second-order valence-electron chi connectivity index (χ2n) is 4.40. The second kappa shape index (κ2) is 7.57. The van der Waals surface area contributed by atoms with Crippen LogP contribution in [0.1, 0.15) is 29.3 Å². The Balaban J connectivity index is 3.03. The lowest BCUT2D eigenvalue weighted by Crippen LogP contribution is -2.13. The summed E-state index contributed by atoms with van der Waals surface area (Å²) in [6, 6.07) is 3.71. The van der Waals surface area contributed by atoms with E-state index >= 15 is 0 Å². The number of aliphatic hydroxyl groups is 1. The maximum atomic E-state index is 12.6. The molecule has 0 heterocycles. The number of carbonyl (C=O) groups excluding carboxylic acids is 2. The Bertz CT molecular complexity index is 650. The summed E-state index contributed by atoms with van der Waals surface area (Å²) in [5, 5.41) is 16.8. The topological polar surface area (TPSA) is 87.5 Å². The van der Waals surface area contributed by atoms with Crippen molar-refractivity contribution < 1.29 is 32.6 Å². The third-order valence-electron chi connectivity index (χ3n) is 2.79. The Hall–Kier alpha value is -2.64. The van der Waals surface area contributed by atoms with Gasteiger partial charge in [0, 0.05) is 11.8 Å². The Morgan fingerprint density at radius 2 is 2.00 bits per heavy atom. The van der Waals surface area contributed by atoms with Gasteiger partial charge in [0.15, 0.2) is 5.78 Å². The van der Waals surface area contributed by atoms with Crippen LogP contribution in [0.25, 0.3) is 0 Å². The molecule has 124 valence electrons. The first-order valence-electron chi connectivity index (χ1n) is 6.50. The molecule has 0 saturated heterocycles. The van der Waals surface area contributed by atoms with E-state index in [1.807, 2.05) is 0 Å². The number of ether oxygens (including phenoxy) is 1. The largest absolute Gasteiger partial charge is 0.511 e. The number of esters is 1. The Labute approximate surface area is 129 Å². The van der Waals surface area contributed by atoms with Gasteiger partial charge in [-0.1, -0.05) is 12.1 Å². The van der Waals surface area contributed by atoms with Gasteiger partial charge in [-0.05, 0) is 19.1 Å². The zero-order valence-electron chi connectivity index (χ0n) is 12.1. The van der Waals surface area contributed by atoms with E-state index < -0.39 is 41.2 Å². The van der Waals surface area contributed by atoms with Crippen LogP contribution in [0.15, 0.2) is 35.6 Å². The normalized spacial score (nSPS) is 12.3. The van der Waals surface area contributed by atoms with E-state index in [1.54, 1.807) is 0 Å². The highest BCUT2D eigenvalue weighted by Crippen LogP contribution is 2.29. The van der Waals surface area contributed by atoms with Crippen molar-refractivity contribution in [1.29, 1.82) is 5.41 Å². The highest BCUT2D eigenvalue weighted by Gasteiger charge is 2.31. The number of halogens is 3. The molecule has 0 aliphatic rings. The molecule has 0 aliphatic carbocycles. The predicted molar refractivity (Wildman–Crippen MR) is 75.5 cm³/mol. The fourth-order valence-corrected chi connectivity index (χ4v) is 1.69. The molecule has 1 aromatic rings. The van der Waals surface area contributed by atoms with Gasteiger partial charge in [-0.3, -0.25) is 4.79 Å². The lowest BCUT2D eigenvalue weighted by atomic mass is 10.0. The van der Waals surface area contributed by atoms with Crippen molar-refractivity contribution in [3.63, 3.8) is 0 Å². The second-order valence-corrected chi connectivity index (χ2v) is 4.40. The molecule has 0 atom stereocenters. The average molecular weight is 329 g/mol. The minimum atomic E-state index is -4.60. The van der Waals surface area contributed by atoms with Crippen LogP contribution in [0.3, 0.4) is 0 Å². The van der Waals surface area contributed by atoms with Gasteiger partial charge in [0.25, 0.3) is 0 Å².